The van der Waals surface area contributed by atoms with E-state index in [1.165, 1.54) is 0 Å². The predicted octanol–water partition coefficient (Wildman–Crippen LogP) is 1.40. The minimum Gasteiger partial charge on any atom is -0.368 e. The topological polar surface area (TPSA) is 62.5 Å². The number of anilines is 1. The third kappa shape index (κ3) is 3.01. The molecule has 0 unspecified atom stereocenters. The summed E-state index contributed by atoms with van der Waals surface area (Å²) in [5.41, 5.74) is 0.915. The molecule has 0 saturated heterocycles. The Kier molecular flexibility index (Phi) is 4.33. The SMILES string of the molecule is CCN(CC)C(=O)CCNc1nccn2nccc12. The summed E-state index contributed by atoms with van der Waals surface area (Å²) in [4.78, 5) is 17.9. The molecule has 0 aliphatic rings. The first-order valence-electron chi connectivity index (χ1n) is 6.56. The number of fused-ring (bicyclic) bond motifs is 1. The van der Waals surface area contributed by atoms with Crippen LogP contribution >= 0.6 is 0 Å². The highest BCUT2D eigenvalue weighted by molar-refractivity contribution is 5.77. The van der Waals surface area contributed by atoms with Gasteiger partial charge >= 0.3 is 0 Å². The molecule has 2 aromatic rings. The number of aromatic nitrogens is 3. The van der Waals surface area contributed by atoms with Crippen LogP contribution in [0.15, 0.2) is 24.7 Å². The Morgan fingerprint density at radius 3 is 2.89 bits per heavy atom. The maximum Gasteiger partial charge on any atom is 0.224 e. The largest absolute Gasteiger partial charge is 0.368 e. The number of carbonyl (C=O) groups excluding carboxylic acids is 1. The Morgan fingerprint density at radius 1 is 1.37 bits per heavy atom. The number of carbonyl (C=O) groups is 1. The fourth-order valence-electron chi connectivity index (χ4n) is 2.02. The first-order valence-corrected chi connectivity index (χ1v) is 6.56. The van der Waals surface area contributed by atoms with E-state index in [0.29, 0.717) is 13.0 Å². The Hall–Kier alpha value is -2.11. The zero-order valence-electron chi connectivity index (χ0n) is 11.3. The molecule has 0 radical (unpaired) electrons. The van der Waals surface area contributed by atoms with E-state index in [1.807, 2.05) is 24.8 Å². The van der Waals surface area contributed by atoms with E-state index in [-0.39, 0.29) is 5.91 Å². The molecule has 2 rings (SSSR count). The first kappa shape index (κ1) is 13.3. The number of nitrogens with one attached hydrogen (secondary N) is 1. The molecule has 1 amide bonds. The second-order valence-electron chi connectivity index (χ2n) is 4.18. The summed E-state index contributed by atoms with van der Waals surface area (Å²) < 4.78 is 1.75. The van der Waals surface area contributed by atoms with Crippen molar-refractivity contribution < 1.29 is 4.79 Å². The van der Waals surface area contributed by atoms with Gasteiger partial charge in [-0.15, -0.1) is 0 Å². The van der Waals surface area contributed by atoms with E-state index in [9.17, 15) is 4.79 Å². The minimum atomic E-state index is 0.165. The smallest absolute Gasteiger partial charge is 0.224 e. The van der Waals surface area contributed by atoms with Crippen LogP contribution in [0.3, 0.4) is 0 Å². The summed E-state index contributed by atoms with van der Waals surface area (Å²) >= 11 is 0. The molecular formula is C13H19N5O. The highest BCUT2D eigenvalue weighted by Gasteiger charge is 2.09. The molecule has 0 saturated carbocycles. The number of rotatable bonds is 6. The molecule has 1 N–H and O–H groups in total. The van der Waals surface area contributed by atoms with Gasteiger partial charge in [0.1, 0.15) is 5.52 Å². The normalized spacial score (nSPS) is 10.6. The lowest BCUT2D eigenvalue weighted by Gasteiger charge is -2.18. The number of hydrogen-bond acceptors (Lipinski definition) is 4. The lowest BCUT2D eigenvalue weighted by atomic mass is 10.3. The van der Waals surface area contributed by atoms with Crippen molar-refractivity contribution in [2.24, 2.45) is 0 Å². The van der Waals surface area contributed by atoms with Crippen molar-refractivity contribution in [3.63, 3.8) is 0 Å². The van der Waals surface area contributed by atoms with Gasteiger partial charge in [0.15, 0.2) is 5.82 Å². The summed E-state index contributed by atoms with van der Waals surface area (Å²) in [6.07, 6.45) is 5.68. The first-order chi connectivity index (χ1) is 9.26. The van der Waals surface area contributed by atoms with Gasteiger partial charge < -0.3 is 10.2 Å². The third-order valence-electron chi connectivity index (χ3n) is 3.07. The minimum absolute atomic E-state index is 0.165. The maximum atomic E-state index is 11.9. The van der Waals surface area contributed by atoms with Crippen molar-refractivity contribution >= 4 is 17.2 Å². The second kappa shape index (κ2) is 6.17. The van der Waals surface area contributed by atoms with E-state index < -0.39 is 0 Å². The Morgan fingerprint density at radius 2 is 2.16 bits per heavy atom. The Labute approximate surface area is 112 Å². The van der Waals surface area contributed by atoms with E-state index in [2.05, 4.69) is 15.4 Å². The number of nitrogens with zero attached hydrogens (tertiary/aromatic N) is 4. The van der Waals surface area contributed by atoms with Gasteiger partial charge in [0.25, 0.3) is 0 Å². The van der Waals surface area contributed by atoms with Crippen molar-refractivity contribution in [2.75, 3.05) is 25.0 Å². The van der Waals surface area contributed by atoms with E-state index in [4.69, 9.17) is 0 Å². The summed E-state index contributed by atoms with van der Waals surface area (Å²) in [5, 5.41) is 7.33. The second-order valence-corrected chi connectivity index (χ2v) is 4.18. The van der Waals surface area contributed by atoms with Gasteiger partial charge in [-0.3, -0.25) is 4.79 Å². The van der Waals surface area contributed by atoms with Gasteiger partial charge in [-0.1, -0.05) is 0 Å². The molecule has 19 heavy (non-hydrogen) atoms. The Bertz CT molecular complexity index is 547. The lowest BCUT2D eigenvalue weighted by Crippen LogP contribution is -2.31. The molecule has 2 heterocycles. The molecule has 0 atom stereocenters. The molecule has 2 aromatic heterocycles. The molecule has 0 fully saturated rings. The summed E-state index contributed by atoms with van der Waals surface area (Å²) in [5.74, 6) is 0.922. The van der Waals surface area contributed by atoms with Crippen LogP contribution in [0.5, 0.6) is 0 Å². The molecule has 102 valence electrons. The number of hydrogen-bond donors (Lipinski definition) is 1. The van der Waals surface area contributed by atoms with E-state index in [1.54, 1.807) is 23.1 Å². The van der Waals surface area contributed by atoms with Crippen LogP contribution in [0.25, 0.3) is 5.52 Å². The summed E-state index contributed by atoms with van der Waals surface area (Å²) in [6.45, 7) is 6.07. The maximum absolute atomic E-state index is 11.9. The lowest BCUT2D eigenvalue weighted by molar-refractivity contribution is -0.130. The third-order valence-corrected chi connectivity index (χ3v) is 3.07. The van der Waals surface area contributed by atoms with Crippen LogP contribution in [0, 0.1) is 0 Å². The van der Waals surface area contributed by atoms with Crippen LogP contribution in [-0.4, -0.2) is 45.0 Å². The Balaban J connectivity index is 1.92. The molecule has 6 heteroatoms. The summed E-state index contributed by atoms with van der Waals surface area (Å²) in [7, 11) is 0. The van der Waals surface area contributed by atoms with Gasteiger partial charge in [-0.25, -0.2) is 9.50 Å². The summed E-state index contributed by atoms with van der Waals surface area (Å²) in [6, 6.07) is 1.89. The van der Waals surface area contributed by atoms with Crippen LogP contribution in [0.2, 0.25) is 0 Å². The fourth-order valence-corrected chi connectivity index (χ4v) is 2.02. The average molecular weight is 261 g/mol. The molecule has 0 bridgehead atoms. The van der Waals surface area contributed by atoms with E-state index >= 15 is 0 Å². The van der Waals surface area contributed by atoms with Crippen LogP contribution in [0.1, 0.15) is 20.3 Å². The molecule has 0 aliphatic carbocycles. The predicted molar refractivity (Wildman–Crippen MR) is 74.0 cm³/mol. The zero-order valence-corrected chi connectivity index (χ0v) is 11.3. The molecule has 6 nitrogen and oxygen atoms in total. The molecule has 0 aliphatic heterocycles. The monoisotopic (exact) mass is 261 g/mol. The van der Waals surface area contributed by atoms with Crippen molar-refractivity contribution in [3.05, 3.63) is 24.7 Å². The van der Waals surface area contributed by atoms with Gasteiger partial charge in [0, 0.05) is 38.4 Å². The van der Waals surface area contributed by atoms with E-state index in [0.717, 1.165) is 24.4 Å². The van der Waals surface area contributed by atoms with Crippen LogP contribution in [-0.2, 0) is 4.79 Å². The fraction of sp³-hybridized carbons (Fsp3) is 0.462. The van der Waals surface area contributed by atoms with Crippen LogP contribution in [0.4, 0.5) is 5.82 Å². The van der Waals surface area contributed by atoms with Crippen molar-refractivity contribution in [1.82, 2.24) is 19.5 Å². The highest BCUT2D eigenvalue weighted by atomic mass is 16.2. The highest BCUT2D eigenvalue weighted by Crippen LogP contribution is 2.12. The molecule has 0 spiro atoms. The van der Waals surface area contributed by atoms with Gasteiger partial charge in [0.05, 0.1) is 6.20 Å². The van der Waals surface area contributed by atoms with Gasteiger partial charge in [-0.05, 0) is 19.9 Å². The van der Waals surface area contributed by atoms with Crippen molar-refractivity contribution in [2.45, 2.75) is 20.3 Å². The average Bonchev–Trinajstić information content (AvgIpc) is 2.89. The molecular weight excluding hydrogens is 242 g/mol. The van der Waals surface area contributed by atoms with Crippen molar-refractivity contribution in [3.8, 4) is 0 Å². The quantitative estimate of drug-likeness (QED) is 0.853. The molecule has 0 aromatic carbocycles. The van der Waals surface area contributed by atoms with Crippen molar-refractivity contribution in [1.29, 1.82) is 0 Å². The van der Waals surface area contributed by atoms with Crippen LogP contribution < -0.4 is 5.32 Å². The van der Waals surface area contributed by atoms with Gasteiger partial charge in [0.2, 0.25) is 5.91 Å². The zero-order chi connectivity index (χ0) is 13.7. The standard InChI is InChI=1S/C13H19N5O/c1-3-17(4-2)12(19)6-7-14-13-11-5-8-16-18(11)10-9-15-13/h5,8-10H,3-4,6-7H2,1-2H3,(H,14,15). The van der Waals surface area contributed by atoms with Gasteiger partial charge in [-0.2, -0.15) is 5.10 Å². The number of amides is 1.